The Balaban J connectivity index is 1.84. The molecule has 0 radical (unpaired) electrons. The number of methoxy groups -OCH3 is 3. The van der Waals surface area contributed by atoms with Gasteiger partial charge in [0.05, 0.1) is 26.9 Å². The number of hydrogen-bond acceptors (Lipinski definition) is 5. The van der Waals surface area contributed by atoms with E-state index in [1.165, 1.54) is 21.3 Å². The molecule has 4 aromatic rings. The normalized spacial score (nSPS) is 10.7. The molecule has 2 aromatic carbocycles. The maximum absolute atomic E-state index is 13.3. The van der Waals surface area contributed by atoms with E-state index in [1.54, 1.807) is 12.1 Å². The van der Waals surface area contributed by atoms with Gasteiger partial charge in [-0.05, 0) is 18.6 Å². The lowest BCUT2D eigenvalue weighted by Crippen LogP contribution is -2.15. The highest BCUT2D eigenvalue weighted by Gasteiger charge is 2.22. The highest BCUT2D eigenvalue weighted by atomic mass is 16.5. The topological polar surface area (TPSA) is 74.1 Å². The largest absolute Gasteiger partial charge is 0.496 e. The minimum Gasteiger partial charge on any atom is -0.496 e. The summed E-state index contributed by atoms with van der Waals surface area (Å²) in [5.74, 6) is 1.52. The molecule has 31 heavy (non-hydrogen) atoms. The Morgan fingerprint density at radius 3 is 2.26 bits per heavy atom. The lowest BCUT2D eigenvalue weighted by Gasteiger charge is -2.14. The molecule has 7 heteroatoms. The third-order valence-corrected chi connectivity index (χ3v) is 5.07. The van der Waals surface area contributed by atoms with Gasteiger partial charge in [0.2, 0.25) is 0 Å². The average molecular weight is 417 g/mol. The second-order valence-electron chi connectivity index (χ2n) is 6.92. The number of nitrogens with zero attached hydrogens (tertiary/aromatic N) is 2. The Labute approximate surface area is 180 Å². The Hall–Kier alpha value is -4.00. The number of aryl methyl sites for hydroxylation is 1. The summed E-state index contributed by atoms with van der Waals surface area (Å²) < 4.78 is 18.0. The van der Waals surface area contributed by atoms with Crippen molar-refractivity contribution in [3.63, 3.8) is 0 Å². The first-order valence-corrected chi connectivity index (χ1v) is 9.71. The van der Waals surface area contributed by atoms with Gasteiger partial charge >= 0.3 is 0 Å². The predicted molar refractivity (Wildman–Crippen MR) is 119 cm³/mol. The molecule has 0 bridgehead atoms. The summed E-state index contributed by atoms with van der Waals surface area (Å²) in [5, 5.41) is 3.02. The molecule has 0 aliphatic carbocycles. The van der Waals surface area contributed by atoms with Crippen LogP contribution < -0.4 is 19.5 Å². The van der Waals surface area contributed by atoms with Crippen LogP contribution in [0.25, 0.3) is 16.9 Å². The summed E-state index contributed by atoms with van der Waals surface area (Å²) in [5.41, 5.74) is 3.68. The van der Waals surface area contributed by atoms with E-state index in [2.05, 4.69) is 5.32 Å². The van der Waals surface area contributed by atoms with E-state index in [0.717, 1.165) is 16.8 Å². The highest BCUT2D eigenvalue weighted by molar-refractivity contribution is 6.08. The monoisotopic (exact) mass is 417 g/mol. The van der Waals surface area contributed by atoms with Crippen molar-refractivity contribution in [1.29, 1.82) is 0 Å². The first-order chi connectivity index (χ1) is 15.1. The number of amides is 1. The van der Waals surface area contributed by atoms with Crippen molar-refractivity contribution in [2.24, 2.45) is 0 Å². The molecule has 1 N–H and O–H groups in total. The molecule has 4 rings (SSSR count). The Morgan fingerprint density at radius 1 is 0.903 bits per heavy atom. The van der Waals surface area contributed by atoms with Crippen LogP contribution in [0.15, 0.2) is 60.8 Å². The van der Waals surface area contributed by atoms with Gasteiger partial charge in [-0.3, -0.25) is 9.20 Å². The molecule has 0 aliphatic heterocycles. The lowest BCUT2D eigenvalue weighted by molar-refractivity contribution is 0.102. The summed E-state index contributed by atoms with van der Waals surface area (Å²) >= 11 is 0. The molecule has 0 saturated heterocycles. The number of aromatic nitrogens is 2. The zero-order valence-corrected chi connectivity index (χ0v) is 17.8. The van der Waals surface area contributed by atoms with Crippen LogP contribution in [-0.4, -0.2) is 36.6 Å². The highest BCUT2D eigenvalue weighted by Crippen LogP contribution is 2.36. The SMILES string of the molecule is COc1cc(OC)c(C(=O)Nc2c(-c3ccccc3)nc3c(C)cccn23)cc1OC. The number of anilines is 1. The summed E-state index contributed by atoms with van der Waals surface area (Å²) in [6.07, 6.45) is 1.88. The summed E-state index contributed by atoms with van der Waals surface area (Å²) in [6.45, 7) is 1.99. The van der Waals surface area contributed by atoms with E-state index < -0.39 is 0 Å². The van der Waals surface area contributed by atoms with Crippen LogP contribution in [-0.2, 0) is 0 Å². The van der Waals surface area contributed by atoms with Gasteiger partial charge in [0.1, 0.15) is 22.9 Å². The van der Waals surface area contributed by atoms with E-state index in [9.17, 15) is 4.79 Å². The lowest BCUT2D eigenvalue weighted by atomic mass is 10.1. The van der Waals surface area contributed by atoms with E-state index >= 15 is 0 Å². The predicted octanol–water partition coefficient (Wildman–Crippen LogP) is 4.59. The molecule has 7 nitrogen and oxygen atoms in total. The van der Waals surface area contributed by atoms with E-state index in [4.69, 9.17) is 19.2 Å². The van der Waals surface area contributed by atoms with Crippen molar-refractivity contribution in [1.82, 2.24) is 9.38 Å². The number of rotatable bonds is 6. The van der Waals surface area contributed by atoms with Gasteiger partial charge in [-0.15, -0.1) is 0 Å². The van der Waals surface area contributed by atoms with Crippen LogP contribution in [0.3, 0.4) is 0 Å². The minimum absolute atomic E-state index is 0.321. The first kappa shape index (κ1) is 20.3. The van der Waals surface area contributed by atoms with Crippen molar-refractivity contribution < 1.29 is 19.0 Å². The molecular weight excluding hydrogens is 394 g/mol. The van der Waals surface area contributed by atoms with Crippen molar-refractivity contribution >= 4 is 17.4 Å². The number of nitrogens with one attached hydrogen (secondary N) is 1. The fourth-order valence-electron chi connectivity index (χ4n) is 3.50. The number of carbonyl (C=O) groups excluding carboxylic acids is 1. The number of hydrogen-bond donors (Lipinski definition) is 1. The first-order valence-electron chi connectivity index (χ1n) is 9.71. The van der Waals surface area contributed by atoms with Crippen LogP contribution in [0.4, 0.5) is 5.82 Å². The number of benzene rings is 2. The van der Waals surface area contributed by atoms with Gasteiger partial charge in [0.25, 0.3) is 5.91 Å². The summed E-state index contributed by atoms with van der Waals surface area (Å²) in [4.78, 5) is 18.1. The van der Waals surface area contributed by atoms with E-state index in [-0.39, 0.29) is 5.91 Å². The number of pyridine rings is 1. The second-order valence-corrected chi connectivity index (χ2v) is 6.92. The molecule has 0 aliphatic rings. The zero-order valence-electron chi connectivity index (χ0n) is 17.8. The van der Waals surface area contributed by atoms with Crippen LogP contribution in [0, 0.1) is 6.92 Å². The molecule has 0 unspecified atom stereocenters. The van der Waals surface area contributed by atoms with Crippen LogP contribution in [0.1, 0.15) is 15.9 Å². The molecule has 158 valence electrons. The van der Waals surface area contributed by atoms with Gasteiger partial charge in [-0.1, -0.05) is 36.4 Å². The number of imidazole rings is 1. The van der Waals surface area contributed by atoms with E-state index in [0.29, 0.717) is 34.3 Å². The summed E-state index contributed by atoms with van der Waals surface area (Å²) in [6, 6.07) is 16.9. The van der Waals surface area contributed by atoms with Gasteiger partial charge in [0.15, 0.2) is 11.5 Å². The second kappa shape index (κ2) is 8.39. The maximum Gasteiger partial charge on any atom is 0.260 e. The van der Waals surface area contributed by atoms with E-state index in [1.807, 2.05) is 60.0 Å². The molecule has 0 fully saturated rings. The van der Waals surface area contributed by atoms with Crippen molar-refractivity contribution in [2.75, 3.05) is 26.6 Å². The number of ether oxygens (including phenoxy) is 3. The maximum atomic E-state index is 13.3. The minimum atomic E-state index is -0.349. The van der Waals surface area contributed by atoms with Gasteiger partial charge < -0.3 is 19.5 Å². The fraction of sp³-hybridized carbons (Fsp3) is 0.167. The zero-order chi connectivity index (χ0) is 22.0. The van der Waals surface area contributed by atoms with Gasteiger partial charge in [-0.25, -0.2) is 4.98 Å². The Kier molecular flexibility index (Phi) is 5.49. The van der Waals surface area contributed by atoms with Gasteiger partial charge in [-0.2, -0.15) is 0 Å². The molecule has 0 saturated carbocycles. The Morgan fingerprint density at radius 2 is 1.58 bits per heavy atom. The third kappa shape index (κ3) is 3.66. The molecule has 2 aromatic heterocycles. The third-order valence-electron chi connectivity index (χ3n) is 5.07. The smallest absolute Gasteiger partial charge is 0.260 e. The Bertz CT molecular complexity index is 1250. The van der Waals surface area contributed by atoms with Crippen molar-refractivity contribution in [3.8, 4) is 28.5 Å². The fourth-order valence-corrected chi connectivity index (χ4v) is 3.50. The molecular formula is C24H23N3O4. The van der Waals surface area contributed by atoms with Crippen LogP contribution >= 0.6 is 0 Å². The molecule has 0 atom stereocenters. The van der Waals surface area contributed by atoms with Crippen molar-refractivity contribution in [3.05, 3.63) is 71.9 Å². The van der Waals surface area contributed by atoms with Crippen LogP contribution in [0.5, 0.6) is 17.2 Å². The average Bonchev–Trinajstić information content (AvgIpc) is 3.18. The van der Waals surface area contributed by atoms with Crippen molar-refractivity contribution in [2.45, 2.75) is 6.92 Å². The summed E-state index contributed by atoms with van der Waals surface area (Å²) in [7, 11) is 4.56. The molecule has 0 spiro atoms. The number of carbonyl (C=O) groups is 1. The molecule has 1 amide bonds. The van der Waals surface area contributed by atoms with Gasteiger partial charge in [0, 0.05) is 23.9 Å². The standard InChI is InChI=1S/C24H23N3O4/c1-15-9-8-12-27-22(15)25-21(16-10-6-5-7-11-16)23(27)26-24(28)17-13-19(30-3)20(31-4)14-18(17)29-2/h5-14H,1-4H3,(H,26,28). The van der Waals surface area contributed by atoms with Crippen LogP contribution in [0.2, 0.25) is 0 Å². The number of fused-ring (bicyclic) bond motifs is 1. The molecule has 2 heterocycles. The quantitative estimate of drug-likeness (QED) is 0.497.